The van der Waals surface area contributed by atoms with E-state index in [4.69, 9.17) is 0 Å². The van der Waals surface area contributed by atoms with E-state index in [2.05, 4.69) is 120 Å². The van der Waals surface area contributed by atoms with E-state index in [0.29, 0.717) is 0 Å². The smallest absolute Gasteiger partial charge is 0.0106 e. The highest BCUT2D eigenvalue weighted by molar-refractivity contribution is 5.49. The Balaban J connectivity index is -0.000000259. The average molecular weight is 497 g/mol. The van der Waals surface area contributed by atoms with Crippen molar-refractivity contribution >= 4 is 0 Å². The standard InChI is InChI=1S/C20H22.3C6H6/c1-15(2)9-11-17(5)19(7)13-14-20(8)18(6)12-10-16(3)4;3*1-3-5-6-4-2/h1,3H2,2,4-8H3;3*1-2H3/b19-17+,20-18+;;;. The third kappa shape index (κ3) is 38.3. The fraction of sp³-hybridized carbons (Fsp3) is 0.316. The first-order valence-corrected chi connectivity index (χ1v) is 11.7. The highest BCUT2D eigenvalue weighted by Gasteiger charge is 1.91. The van der Waals surface area contributed by atoms with Gasteiger partial charge in [0.25, 0.3) is 0 Å². The Morgan fingerprint density at radius 2 is 0.474 bits per heavy atom. The molecule has 192 valence electrons. The molecule has 0 aliphatic heterocycles. The third-order valence-corrected chi connectivity index (χ3v) is 3.43. The topological polar surface area (TPSA) is 0 Å². The average Bonchev–Trinajstić information content (AvgIpc) is 2.90. The van der Waals surface area contributed by atoms with E-state index in [1.54, 1.807) is 41.5 Å². The first-order valence-electron chi connectivity index (χ1n) is 11.7. The highest BCUT2D eigenvalue weighted by Crippen LogP contribution is 2.04. The molecule has 0 saturated heterocycles. The van der Waals surface area contributed by atoms with E-state index in [1.807, 2.05) is 41.5 Å². The van der Waals surface area contributed by atoms with Crippen molar-refractivity contribution in [3.8, 4) is 107 Å². The van der Waals surface area contributed by atoms with Gasteiger partial charge in [-0.1, -0.05) is 84.2 Å². The summed E-state index contributed by atoms with van der Waals surface area (Å²) in [5.41, 5.74) is 5.59. The monoisotopic (exact) mass is 496 g/mol. The Labute approximate surface area is 235 Å². The first kappa shape index (κ1) is 40.2. The van der Waals surface area contributed by atoms with Crippen LogP contribution < -0.4 is 0 Å². The van der Waals surface area contributed by atoms with Crippen molar-refractivity contribution in [2.45, 2.75) is 83.1 Å². The van der Waals surface area contributed by atoms with Gasteiger partial charge in [0.05, 0.1) is 0 Å². The van der Waals surface area contributed by atoms with Crippen molar-refractivity contribution in [3.63, 3.8) is 0 Å². The van der Waals surface area contributed by atoms with Gasteiger partial charge in [-0.2, -0.15) is 0 Å². The van der Waals surface area contributed by atoms with Gasteiger partial charge < -0.3 is 0 Å². The van der Waals surface area contributed by atoms with Gasteiger partial charge in [0.2, 0.25) is 0 Å². The molecule has 0 aromatic heterocycles. The second-order valence-corrected chi connectivity index (χ2v) is 7.06. The molecule has 0 bridgehead atoms. The van der Waals surface area contributed by atoms with Crippen LogP contribution in [0.4, 0.5) is 0 Å². The maximum Gasteiger partial charge on any atom is 0.0106 e. The van der Waals surface area contributed by atoms with Gasteiger partial charge in [0.1, 0.15) is 0 Å². The lowest BCUT2D eigenvalue weighted by Crippen LogP contribution is -1.81. The van der Waals surface area contributed by atoms with Crippen LogP contribution >= 0.6 is 0 Å². The van der Waals surface area contributed by atoms with Crippen molar-refractivity contribution in [1.82, 2.24) is 0 Å². The van der Waals surface area contributed by atoms with Crippen LogP contribution in [-0.2, 0) is 0 Å². The van der Waals surface area contributed by atoms with Crippen molar-refractivity contribution in [2.75, 3.05) is 0 Å². The molecule has 0 heterocycles. The lowest BCUT2D eigenvalue weighted by Gasteiger charge is -1.94. The number of rotatable bonds is 0. The number of hydrogen-bond acceptors (Lipinski definition) is 0. The van der Waals surface area contributed by atoms with Crippen LogP contribution in [0.2, 0.25) is 0 Å². The van der Waals surface area contributed by atoms with E-state index in [-0.39, 0.29) is 0 Å². The van der Waals surface area contributed by atoms with E-state index in [0.717, 1.165) is 33.4 Å². The summed E-state index contributed by atoms with van der Waals surface area (Å²) < 4.78 is 0. The Kier molecular flexibility index (Phi) is 33.8. The fourth-order valence-corrected chi connectivity index (χ4v) is 1.34. The SMILES string of the molecule is C=C(C)C#C/C(C)=C(\C)C#C/C(C)=C(\C)C#CC(=C)C.CC#CC#CC.CC#CC#CC.CC#CC#CC. The molecule has 0 aromatic rings. The summed E-state index contributed by atoms with van der Waals surface area (Å²) in [6.07, 6.45) is 0. The van der Waals surface area contributed by atoms with E-state index < -0.39 is 0 Å². The number of hydrogen-bond donors (Lipinski definition) is 0. The molecule has 0 aromatic carbocycles. The molecule has 0 atom stereocenters. The van der Waals surface area contributed by atoms with Gasteiger partial charge in [-0.3, -0.25) is 0 Å². The van der Waals surface area contributed by atoms with Crippen molar-refractivity contribution < 1.29 is 0 Å². The lowest BCUT2D eigenvalue weighted by atomic mass is 10.1. The predicted molar refractivity (Wildman–Crippen MR) is 170 cm³/mol. The maximum atomic E-state index is 3.76. The van der Waals surface area contributed by atoms with E-state index in [1.165, 1.54) is 0 Å². The van der Waals surface area contributed by atoms with Crippen molar-refractivity contribution in [3.05, 3.63) is 46.6 Å². The Hall–Kier alpha value is -5.00. The minimum Gasteiger partial charge on any atom is -0.0925 e. The zero-order valence-corrected chi connectivity index (χ0v) is 25.4. The largest absolute Gasteiger partial charge is 0.0925 e. The highest BCUT2D eigenvalue weighted by atomic mass is 13.9. The Morgan fingerprint density at radius 1 is 0.316 bits per heavy atom. The lowest BCUT2D eigenvalue weighted by molar-refractivity contribution is 1.41. The molecule has 0 heteroatoms. The van der Waals surface area contributed by atoms with Gasteiger partial charge in [0, 0.05) is 22.3 Å². The van der Waals surface area contributed by atoms with Gasteiger partial charge in [0.15, 0.2) is 0 Å². The zero-order chi connectivity index (χ0) is 30.2. The van der Waals surface area contributed by atoms with E-state index >= 15 is 0 Å². The second kappa shape index (κ2) is 32.0. The molecular formula is C38H40. The summed E-state index contributed by atoms with van der Waals surface area (Å²) in [4.78, 5) is 0. The minimum atomic E-state index is 0.854. The molecule has 0 radical (unpaired) electrons. The molecule has 0 spiro atoms. The quantitative estimate of drug-likeness (QED) is 0.299. The Bertz CT molecular complexity index is 1220. The zero-order valence-electron chi connectivity index (χ0n) is 25.4. The number of allylic oxidation sites excluding steroid dienone is 6. The first-order chi connectivity index (χ1) is 18.0. The molecule has 0 unspecified atom stereocenters. The minimum absolute atomic E-state index is 0.854. The van der Waals surface area contributed by atoms with Crippen LogP contribution in [-0.4, -0.2) is 0 Å². The van der Waals surface area contributed by atoms with E-state index in [9.17, 15) is 0 Å². The second-order valence-electron chi connectivity index (χ2n) is 7.06. The van der Waals surface area contributed by atoms with Gasteiger partial charge in [-0.15, -0.1) is 0 Å². The predicted octanol–water partition coefficient (Wildman–Crippen LogP) is 7.92. The van der Waals surface area contributed by atoms with Gasteiger partial charge >= 0.3 is 0 Å². The van der Waals surface area contributed by atoms with Crippen LogP contribution in [0.25, 0.3) is 0 Å². The van der Waals surface area contributed by atoms with Crippen LogP contribution in [0.15, 0.2) is 46.6 Å². The molecule has 0 rings (SSSR count). The summed E-state index contributed by atoms with van der Waals surface area (Å²) in [5, 5.41) is 0. The molecule has 38 heavy (non-hydrogen) atoms. The fourth-order valence-electron chi connectivity index (χ4n) is 1.34. The molecule has 0 aliphatic rings. The Morgan fingerprint density at radius 3 is 0.605 bits per heavy atom. The van der Waals surface area contributed by atoms with Crippen LogP contribution in [0.3, 0.4) is 0 Å². The van der Waals surface area contributed by atoms with Gasteiger partial charge in [-0.05, 0) is 130 Å². The van der Waals surface area contributed by atoms with Gasteiger partial charge in [-0.25, -0.2) is 0 Å². The van der Waals surface area contributed by atoms with Crippen molar-refractivity contribution in [1.29, 1.82) is 0 Å². The summed E-state index contributed by atoms with van der Waals surface area (Å²) in [6, 6.07) is 0. The van der Waals surface area contributed by atoms with Crippen molar-refractivity contribution in [2.24, 2.45) is 0 Å². The van der Waals surface area contributed by atoms with Crippen LogP contribution in [0, 0.1) is 107 Å². The summed E-state index contributed by atoms with van der Waals surface area (Å²) >= 11 is 0. The molecule has 0 saturated carbocycles. The molecule has 0 amide bonds. The molecular weight excluding hydrogens is 456 g/mol. The summed E-state index contributed by atoms with van der Waals surface area (Å²) in [6.45, 7) is 29.8. The third-order valence-electron chi connectivity index (χ3n) is 3.43. The molecule has 0 N–H and O–H groups in total. The summed E-state index contributed by atoms with van der Waals surface area (Å²) in [5.74, 6) is 49.6. The molecule has 0 aliphatic carbocycles. The molecule has 0 nitrogen and oxygen atoms in total. The van der Waals surface area contributed by atoms with Crippen LogP contribution in [0.5, 0.6) is 0 Å². The normalized spacial score (nSPS) is 7.68. The molecule has 0 fully saturated rings. The van der Waals surface area contributed by atoms with Crippen LogP contribution in [0.1, 0.15) is 83.1 Å². The summed E-state index contributed by atoms with van der Waals surface area (Å²) in [7, 11) is 0. The maximum absolute atomic E-state index is 3.76.